The summed E-state index contributed by atoms with van der Waals surface area (Å²) < 4.78 is 6.92. The van der Waals surface area contributed by atoms with Gasteiger partial charge in [0.15, 0.2) is 0 Å². The van der Waals surface area contributed by atoms with Crippen molar-refractivity contribution in [1.29, 1.82) is 0 Å². The monoisotopic (exact) mass is 375 g/mol. The van der Waals surface area contributed by atoms with Crippen LogP contribution in [0.3, 0.4) is 0 Å². The molecule has 1 amide bonds. The first kappa shape index (κ1) is 17.8. The summed E-state index contributed by atoms with van der Waals surface area (Å²) in [6.07, 6.45) is 1.49. The number of hydrogen-bond donors (Lipinski definition) is 2. The Labute approximate surface area is 163 Å². The molecule has 0 fully saturated rings. The number of rotatable bonds is 4. The topological polar surface area (TPSA) is 81.1 Å². The molecule has 1 atom stereocenters. The van der Waals surface area contributed by atoms with E-state index in [0.29, 0.717) is 17.2 Å². The second-order valence-electron chi connectivity index (χ2n) is 6.63. The van der Waals surface area contributed by atoms with Crippen molar-refractivity contribution in [2.24, 2.45) is 0 Å². The molecule has 28 heavy (non-hydrogen) atoms. The van der Waals surface area contributed by atoms with Gasteiger partial charge in [-0.2, -0.15) is 10.1 Å². The Morgan fingerprint density at radius 2 is 1.89 bits per heavy atom. The molecule has 1 aromatic heterocycles. The predicted octanol–water partition coefficient (Wildman–Crippen LogP) is 3.52. The molecule has 3 aromatic rings. The Balaban J connectivity index is 1.74. The van der Waals surface area contributed by atoms with Crippen LogP contribution in [0.2, 0.25) is 0 Å². The third-order valence-corrected chi connectivity index (χ3v) is 4.87. The van der Waals surface area contributed by atoms with E-state index in [1.807, 2.05) is 62.4 Å². The van der Waals surface area contributed by atoms with Crippen LogP contribution in [0.4, 0.5) is 11.6 Å². The highest BCUT2D eigenvalue weighted by atomic mass is 16.5. The van der Waals surface area contributed by atoms with Crippen LogP contribution in [-0.2, 0) is 4.79 Å². The second kappa shape index (κ2) is 7.19. The zero-order valence-corrected chi connectivity index (χ0v) is 15.9. The molecule has 2 N–H and O–H groups in total. The number of ether oxygens (including phenoxy) is 1. The van der Waals surface area contributed by atoms with E-state index >= 15 is 0 Å². The summed E-state index contributed by atoms with van der Waals surface area (Å²) in [5.41, 5.74) is 4.13. The third-order valence-electron chi connectivity index (χ3n) is 4.87. The third kappa shape index (κ3) is 3.11. The van der Waals surface area contributed by atoms with Crippen molar-refractivity contribution in [3.63, 3.8) is 0 Å². The number of carbonyl (C=O) groups is 1. The molecule has 0 spiro atoms. The van der Waals surface area contributed by atoms with Crippen LogP contribution in [0.5, 0.6) is 5.75 Å². The smallest absolute Gasteiger partial charge is 0.255 e. The van der Waals surface area contributed by atoms with E-state index in [1.165, 1.54) is 6.33 Å². The first-order valence-electron chi connectivity index (χ1n) is 8.96. The molecule has 1 aliphatic heterocycles. The number of amides is 1. The van der Waals surface area contributed by atoms with Crippen molar-refractivity contribution < 1.29 is 9.53 Å². The Bertz CT molecular complexity index is 1050. The molecule has 0 radical (unpaired) electrons. The van der Waals surface area contributed by atoms with E-state index < -0.39 is 0 Å². The van der Waals surface area contributed by atoms with Crippen LogP contribution >= 0.6 is 0 Å². The lowest BCUT2D eigenvalue weighted by atomic mass is 9.92. The fraction of sp³-hybridized carbons (Fsp3) is 0.190. The average Bonchev–Trinajstić information content (AvgIpc) is 3.16. The minimum absolute atomic E-state index is 0.190. The predicted molar refractivity (Wildman–Crippen MR) is 107 cm³/mol. The van der Waals surface area contributed by atoms with Crippen molar-refractivity contribution in [3.8, 4) is 5.75 Å². The van der Waals surface area contributed by atoms with E-state index in [-0.39, 0.29) is 11.9 Å². The lowest BCUT2D eigenvalue weighted by molar-refractivity contribution is -0.113. The maximum Gasteiger partial charge on any atom is 0.255 e. The highest BCUT2D eigenvalue weighted by Gasteiger charge is 2.34. The number of aryl methyl sites for hydroxylation is 1. The second-order valence-corrected chi connectivity index (χ2v) is 6.63. The summed E-state index contributed by atoms with van der Waals surface area (Å²) in [4.78, 5) is 17.5. The summed E-state index contributed by atoms with van der Waals surface area (Å²) in [5, 5.41) is 10.5. The van der Waals surface area contributed by atoms with Gasteiger partial charge in [-0.15, -0.1) is 0 Å². The summed E-state index contributed by atoms with van der Waals surface area (Å²) >= 11 is 0. The van der Waals surface area contributed by atoms with Crippen LogP contribution in [0.25, 0.3) is 0 Å². The van der Waals surface area contributed by atoms with Crippen molar-refractivity contribution in [3.05, 3.63) is 77.3 Å². The molecule has 0 bridgehead atoms. The van der Waals surface area contributed by atoms with Gasteiger partial charge >= 0.3 is 0 Å². The van der Waals surface area contributed by atoms with Gasteiger partial charge in [0.2, 0.25) is 5.95 Å². The standard InChI is InChI=1S/C21H21N5O2/c1-13-6-4-5-7-17(13)19-18(14(2)24-21-22-12-23-26(19)21)20(27)25-15-8-10-16(28-3)11-9-15/h4-12,19H,1-3H3,(H,25,27)(H,22,23,24)/t19-/m0/s1. The van der Waals surface area contributed by atoms with Gasteiger partial charge in [-0.05, 0) is 49.2 Å². The quantitative estimate of drug-likeness (QED) is 0.729. The zero-order chi connectivity index (χ0) is 19.7. The first-order valence-corrected chi connectivity index (χ1v) is 8.96. The van der Waals surface area contributed by atoms with Gasteiger partial charge in [-0.1, -0.05) is 24.3 Å². The minimum Gasteiger partial charge on any atom is -0.497 e. The van der Waals surface area contributed by atoms with Gasteiger partial charge in [-0.25, -0.2) is 4.68 Å². The maximum absolute atomic E-state index is 13.3. The molecule has 2 heterocycles. The number of nitrogens with zero attached hydrogens (tertiary/aromatic N) is 3. The molecular weight excluding hydrogens is 354 g/mol. The number of carbonyl (C=O) groups excluding carboxylic acids is 1. The minimum atomic E-state index is -0.363. The largest absolute Gasteiger partial charge is 0.497 e. The lowest BCUT2D eigenvalue weighted by Gasteiger charge is -2.29. The van der Waals surface area contributed by atoms with E-state index in [2.05, 4.69) is 20.7 Å². The summed E-state index contributed by atoms with van der Waals surface area (Å²) in [6.45, 7) is 3.91. The van der Waals surface area contributed by atoms with Crippen LogP contribution in [0.1, 0.15) is 24.1 Å². The lowest BCUT2D eigenvalue weighted by Crippen LogP contribution is -2.31. The van der Waals surface area contributed by atoms with Gasteiger partial charge in [0.05, 0.1) is 12.7 Å². The van der Waals surface area contributed by atoms with Gasteiger partial charge in [0.1, 0.15) is 18.1 Å². The molecule has 1 aliphatic rings. The number of methoxy groups -OCH3 is 1. The fourth-order valence-corrected chi connectivity index (χ4v) is 3.44. The summed E-state index contributed by atoms with van der Waals surface area (Å²) in [7, 11) is 1.61. The molecular formula is C21H21N5O2. The van der Waals surface area contributed by atoms with Crippen molar-refractivity contribution in [2.45, 2.75) is 19.9 Å². The average molecular weight is 375 g/mol. The number of fused-ring (bicyclic) bond motifs is 1. The molecule has 0 unspecified atom stereocenters. The summed E-state index contributed by atoms with van der Waals surface area (Å²) in [6, 6.07) is 14.9. The zero-order valence-electron chi connectivity index (χ0n) is 15.9. The summed E-state index contributed by atoms with van der Waals surface area (Å²) in [5.74, 6) is 1.16. The van der Waals surface area contributed by atoms with E-state index in [1.54, 1.807) is 11.8 Å². The van der Waals surface area contributed by atoms with E-state index in [9.17, 15) is 4.79 Å². The molecule has 4 rings (SSSR count). The van der Waals surface area contributed by atoms with Crippen LogP contribution in [-0.4, -0.2) is 27.8 Å². The van der Waals surface area contributed by atoms with Crippen LogP contribution in [0, 0.1) is 6.92 Å². The van der Waals surface area contributed by atoms with Gasteiger partial charge < -0.3 is 15.4 Å². The Hall–Kier alpha value is -3.61. The Morgan fingerprint density at radius 1 is 1.14 bits per heavy atom. The first-order chi connectivity index (χ1) is 13.6. The molecule has 2 aromatic carbocycles. The van der Waals surface area contributed by atoms with Crippen molar-refractivity contribution in [2.75, 3.05) is 17.7 Å². The number of benzene rings is 2. The molecule has 7 heteroatoms. The van der Waals surface area contributed by atoms with E-state index in [0.717, 1.165) is 22.6 Å². The number of allylic oxidation sites excluding steroid dienone is 1. The number of anilines is 2. The normalized spacial score (nSPS) is 15.6. The van der Waals surface area contributed by atoms with Gasteiger partial charge in [-0.3, -0.25) is 4.79 Å². The Morgan fingerprint density at radius 3 is 2.61 bits per heavy atom. The van der Waals surface area contributed by atoms with Crippen molar-refractivity contribution >= 4 is 17.5 Å². The molecule has 0 saturated heterocycles. The van der Waals surface area contributed by atoms with Gasteiger partial charge in [0, 0.05) is 11.4 Å². The van der Waals surface area contributed by atoms with Crippen LogP contribution in [0.15, 0.2) is 66.1 Å². The fourth-order valence-electron chi connectivity index (χ4n) is 3.44. The molecule has 0 saturated carbocycles. The molecule has 142 valence electrons. The van der Waals surface area contributed by atoms with E-state index in [4.69, 9.17) is 4.74 Å². The van der Waals surface area contributed by atoms with Crippen molar-refractivity contribution in [1.82, 2.24) is 14.8 Å². The highest BCUT2D eigenvalue weighted by molar-refractivity contribution is 6.06. The number of nitrogens with one attached hydrogen (secondary N) is 2. The molecule has 7 nitrogen and oxygen atoms in total. The Kier molecular flexibility index (Phi) is 4.57. The maximum atomic E-state index is 13.3. The SMILES string of the molecule is COc1ccc(NC(=O)C2=C(C)Nc3ncnn3[C@H]2c2ccccc2C)cc1. The number of hydrogen-bond acceptors (Lipinski definition) is 5. The van der Waals surface area contributed by atoms with Gasteiger partial charge in [0.25, 0.3) is 5.91 Å². The number of aromatic nitrogens is 3. The molecule has 0 aliphatic carbocycles. The highest BCUT2D eigenvalue weighted by Crippen LogP contribution is 2.36. The van der Waals surface area contributed by atoms with Crippen LogP contribution < -0.4 is 15.4 Å².